The Morgan fingerprint density at radius 1 is 1.47 bits per heavy atom. The molecule has 4 heteroatoms. The summed E-state index contributed by atoms with van der Waals surface area (Å²) in [5.41, 5.74) is 0. The Morgan fingerprint density at radius 3 is 2.80 bits per heavy atom. The van der Waals surface area contributed by atoms with E-state index in [-0.39, 0.29) is 0 Å². The van der Waals surface area contributed by atoms with E-state index in [9.17, 15) is 4.79 Å². The molecule has 1 N–H and O–H groups in total. The first kappa shape index (κ1) is 12.5. The maximum Gasteiger partial charge on any atom is 0.222 e. The quantitative estimate of drug-likeness (QED) is 0.675. The highest BCUT2D eigenvalue weighted by Gasteiger charge is 2.24. The van der Waals surface area contributed by atoms with E-state index in [2.05, 4.69) is 24.2 Å². The Hall–Kier alpha value is -0.610. The van der Waals surface area contributed by atoms with Crippen LogP contribution in [0.2, 0.25) is 0 Å². The number of likely N-dealkylation sites (N-methyl/N-ethyl adjacent to an activating group) is 1. The molecule has 1 heterocycles. The zero-order valence-electron chi connectivity index (χ0n) is 10.1. The molecular formula is C11H23N3O. The molecule has 0 aliphatic carbocycles. The van der Waals surface area contributed by atoms with Gasteiger partial charge in [0.05, 0.1) is 0 Å². The Balaban J connectivity index is 2.32. The second-order valence-corrected chi connectivity index (χ2v) is 4.41. The van der Waals surface area contributed by atoms with Gasteiger partial charge in [-0.1, -0.05) is 0 Å². The lowest BCUT2D eigenvalue weighted by atomic mass is 10.1. The van der Waals surface area contributed by atoms with Gasteiger partial charge < -0.3 is 15.1 Å². The fourth-order valence-electron chi connectivity index (χ4n) is 2.07. The summed E-state index contributed by atoms with van der Waals surface area (Å²) in [5.74, 6) is 0.311. The average Bonchev–Trinajstić information content (AvgIpc) is 2.17. The van der Waals surface area contributed by atoms with Crippen molar-refractivity contribution in [3.63, 3.8) is 0 Å². The highest BCUT2D eigenvalue weighted by Crippen LogP contribution is 2.10. The molecule has 0 spiro atoms. The summed E-state index contributed by atoms with van der Waals surface area (Å²) in [5, 5.41) is 3.07. The van der Waals surface area contributed by atoms with Crippen LogP contribution in [0.3, 0.4) is 0 Å². The molecule has 0 bridgehead atoms. The van der Waals surface area contributed by atoms with Crippen LogP contribution in [0.15, 0.2) is 0 Å². The van der Waals surface area contributed by atoms with Gasteiger partial charge in [-0.25, -0.2) is 0 Å². The molecule has 0 aromatic heterocycles. The van der Waals surface area contributed by atoms with E-state index in [1.54, 1.807) is 0 Å². The first-order valence-corrected chi connectivity index (χ1v) is 5.77. The van der Waals surface area contributed by atoms with E-state index in [0.29, 0.717) is 18.4 Å². The molecular weight excluding hydrogens is 190 g/mol. The number of nitrogens with one attached hydrogen (secondary N) is 1. The summed E-state index contributed by atoms with van der Waals surface area (Å²) < 4.78 is 0. The molecule has 1 unspecified atom stereocenters. The van der Waals surface area contributed by atoms with Gasteiger partial charge >= 0.3 is 0 Å². The topological polar surface area (TPSA) is 35.6 Å². The minimum atomic E-state index is 0.311. The predicted octanol–water partition coefficient (Wildman–Crippen LogP) is 0.149. The molecule has 0 aromatic carbocycles. The van der Waals surface area contributed by atoms with Crippen LogP contribution in [0.4, 0.5) is 0 Å². The van der Waals surface area contributed by atoms with Crippen LogP contribution in [0.1, 0.15) is 19.8 Å². The van der Waals surface area contributed by atoms with Crippen LogP contribution < -0.4 is 5.32 Å². The number of amides is 1. The van der Waals surface area contributed by atoms with Gasteiger partial charge in [-0.2, -0.15) is 0 Å². The molecule has 1 atom stereocenters. The zero-order chi connectivity index (χ0) is 11.3. The number of rotatable bonds is 4. The van der Waals surface area contributed by atoms with Gasteiger partial charge in [-0.05, 0) is 34.0 Å². The van der Waals surface area contributed by atoms with Crippen LogP contribution in [0, 0.1) is 0 Å². The molecule has 0 aromatic rings. The SMILES string of the molecule is CNCCCC(=O)N1CCN(C)CC1C. The monoisotopic (exact) mass is 213 g/mol. The Labute approximate surface area is 92.6 Å². The Morgan fingerprint density at radius 2 is 2.20 bits per heavy atom. The lowest BCUT2D eigenvalue weighted by Crippen LogP contribution is -2.52. The van der Waals surface area contributed by atoms with Gasteiger partial charge in [0, 0.05) is 32.1 Å². The third kappa shape index (κ3) is 3.80. The van der Waals surface area contributed by atoms with Crippen molar-refractivity contribution in [2.24, 2.45) is 0 Å². The number of hydrogen-bond donors (Lipinski definition) is 1. The molecule has 1 aliphatic heterocycles. The molecule has 4 nitrogen and oxygen atoms in total. The number of nitrogens with zero attached hydrogens (tertiary/aromatic N) is 2. The predicted molar refractivity (Wildman–Crippen MR) is 61.8 cm³/mol. The number of carbonyl (C=O) groups excluding carboxylic acids is 1. The van der Waals surface area contributed by atoms with Crippen LogP contribution in [0.25, 0.3) is 0 Å². The van der Waals surface area contributed by atoms with Gasteiger partial charge in [0.1, 0.15) is 0 Å². The van der Waals surface area contributed by atoms with E-state index in [4.69, 9.17) is 0 Å². The van der Waals surface area contributed by atoms with Gasteiger partial charge in [0.2, 0.25) is 5.91 Å². The molecule has 0 radical (unpaired) electrons. The largest absolute Gasteiger partial charge is 0.337 e. The van der Waals surface area contributed by atoms with E-state index < -0.39 is 0 Å². The standard InChI is InChI=1S/C11H23N3O/c1-10-9-13(3)7-8-14(10)11(15)5-4-6-12-2/h10,12H,4-9H2,1-3H3. The maximum atomic E-state index is 11.9. The molecule has 1 saturated heterocycles. The summed E-state index contributed by atoms with van der Waals surface area (Å²) in [7, 11) is 4.03. The third-order valence-corrected chi connectivity index (χ3v) is 2.97. The first-order chi connectivity index (χ1) is 7.15. The summed E-state index contributed by atoms with van der Waals surface area (Å²) in [4.78, 5) is 16.2. The zero-order valence-corrected chi connectivity index (χ0v) is 10.1. The highest BCUT2D eigenvalue weighted by molar-refractivity contribution is 5.76. The summed E-state index contributed by atoms with van der Waals surface area (Å²) in [6, 6.07) is 0.367. The molecule has 88 valence electrons. The van der Waals surface area contributed by atoms with Crippen molar-refractivity contribution in [3.05, 3.63) is 0 Å². The minimum absolute atomic E-state index is 0.311. The Bertz CT molecular complexity index is 208. The second-order valence-electron chi connectivity index (χ2n) is 4.41. The van der Waals surface area contributed by atoms with Crippen LogP contribution in [0.5, 0.6) is 0 Å². The van der Waals surface area contributed by atoms with Crippen molar-refractivity contribution in [3.8, 4) is 0 Å². The fraction of sp³-hybridized carbons (Fsp3) is 0.909. The fourth-order valence-corrected chi connectivity index (χ4v) is 2.07. The van der Waals surface area contributed by atoms with Crippen molar-refractivity contribution in [2.45, 2.75) is 25.8 Å². The van der Waals surface area contributed by atoms with Gasteiger partial charge in [0.25, 0.3) is 0 Å². The van der Waals surface area contributed by atoms with Crippen LogP contribution in [-0.4, -0.2) is 62.0 Å². The van der Waals surface area contributed by atoms with Gasteiger partial charge in [-0.15, -0.1) is 0 Å². The first-order valence-electron chi connectivity index (χ1n) is 5.77. The smallest absolute Gasteiger partial charge is 0.222 e. The third-order valence-electron chi connectivity index (χ3n) is 2.97. The van der Waals surface area contributed by atoms with E-state index in [0.717, 1.165) is 32.6 Å². The molecule has 1 amide bonds. The van der Waals surface area contributed by atoms with E-state index >= 15 is 0 Å². The molecule has 1 rings (SSSR count). The summed E-state index contributed by atoms with van der Waals surface area (Å²) in [6.07, 6.45) is 1.61. The maximum absolute atomic E-state index is 11.9. The van der Waals surface area contributed by atoms with Gasteiger partial charge in [-0.3, -0.25) is 4.79 Å². The number of piperazine rings is 1. The van der Waals surface area contributed by atoms with Crippen LogP contribution >= 0.6 is 0 Å². The van der Waals surface area contributed by atoms with E-state index in [1.807, 2.05) is 11.9 Å². The number of carbonyl (C=O) groups is 1. The summed E-state index contributed by atoms with van der Waals surface area (Å²) >= 11 is 0. The Kier molecular flexibility index (Phi) is 5.05. The highest BCUT2D eigenvalue weighted by atomic mass is 16.2. The van der Waals surface area contributed by atoms with Crippen LogP contribution in [-0.2, 0) is 4.79 Å². The molecule has 1 aliphatic rings. The van der Waals surface area contributed by atoms with Crippen molar-refractivity contribution in [2.75, 3.05) is 40.3 Å². The average molecular weight is 213 g/mol. The van der Waals surface area contributed by atoms with Crippen molar-refractivity contribution in [1.29, 1.82) is 0 Å². The molecule has 15 heavy (non-hydrogen) atoms. The lowest BCUT2D eigenvalue weighted by Gasteiger charge is -2.38. The molecule has 1 fully saturated rings. The van der Waals surface area contributed by atoms with Crippen molar-refractivity contribution in [1.82, 2.24) is 15.1 Å². The van der Waals surface area contributed by atoms with Gasteiger partial charge in [0.15, 0.2) is 0 Å². The minimum Gasteiger partial charge on any atom is -0.337 e. The van der Waals surface area contributed by atoms with E-state index in [1.165, 1.54) is 0 Å². The molecule has 0 saturated carbocycles. The summed E-state index contributed by atoms with van der Waals surface area (Å²) in [6.45, 7) is 5.94. The van der Waals surface area contributed by atoms with Crippen molar-refractivity contribution >= 4 is 5.91 Å². The lowest BCUT2D eigenvalue weighted by molar-refractivity contribution is -0.135. The van der Waals surface area contributed by atoms with Crippen molar-refractivity contribution < 1.29 is 4.79 Å². The number of hydrogen-bond acceptors (Lipinski definition) is 3. The normalized spacial score (nSPS) is 23.1. The second kappa shape index (κ2) is 6.08.